The van der Waals surface area contributed by atoms with E-state index in [9.17, 15) is 9.90 Å². The van der Waals surface area contributed by atoms with E-state index in [-0.39, 0.29) is 6.04 Å². The van der Waals surface area contributed by atoms with E-state index in [0.29, 0.717) is 18.5 Å². The van der Waals surface area contributed by atoms with Crippen LogP contribution in [0.4, 0.5) is 0 Å². The molecule has 2 heterocycles. The molecule has 2 fully saturated rings. The predicted molar refractivity (Wildman–Crippen MR) is 90.9 cm³/mol. The maximum atomic E-state index is 11.7. The Balaban J connectivity index is 1.55. The minimum Gasteiger partial charge on any atom is -0.480 e. The summed E-state index contributed by atoms with van der Waals surface area (Å²) in [7, 11) is 0. The highest BCUT2D eigenvalue weighted by Crippen LogP contribution is 2.40. The lowest BCUT2D eigenvalue weighted by Gasteiger charge is -2.32. The van der Waals surface area contributed by atoms with Crippen LogP contribution in [0.1, 0.15) is 37.7 Å². The summed E-state index contributed by atoms with van der Waals surface area (Å²) in [5.74, 6) is -0.135. The number of benzene rings is 1. The molecular weight excluding hydrogens is 302 g/mol. The minimum absolute atomic E-state index is 0.349. The minimum atomic E-state index is -0.681. The molecule has 1 aliphatic heterocycles. The molecule has 126 valence electrons. The summed E-state index contributed by atoms with van der Waals surface area (Å²) in [6.45, 7) is 0.672. The molecule has 0 bridgehead atoms. The second-order valence-corrected chi connectivity index (χ2v) is 7.00. The van der Waals surface area contributed by atoms with Gasteiger partial charge in [0.05, 0.1) is 11.9 Å². The molecule has 1 aromatic carbocycles. The number of carbonyl (C=O) groups is 1. The lowest BCUT2D eigenvalue weighted by Crippen LogP contribution is -2.41. The number of hydrogen-bond acceptors (Lipinski definition) is 3. The topological polar surface area (TPSA) is 58.4 Å². The van der Waals surface area contributed by atoms with Crippen LogP contribution >= 0.6 is 0 Å². The first-order chi connectivity index (χ1) is 11.7. The second-order valence-electron chi connectivity index (χ2n) is 7.00. The number of aromatic nitrogens is 2. The standard InChI is InChI=1S/C19H23N3O2/c23-19(24)18-10-15-6-4-5-9-17(15)21(18)12-14-11-20-22(13-14)16-7-2-1-3-8-16/h1-3,7-8,11,13,15,17-18H,4-6,9-10,12H2,(H,23,24)/t15-,17+,18-/m0/s1. The van der Waals surface area contributed by atoms with E-state index in [0.717, 1.165) is 24.1 Å². The summed E-state index contributed by atoms with van der Waals surface area (Å²) in [6.07, 6.45) is 9.44. The van der Waals surface area contributed by atoms with Gasteiger partial charge in [-0.2, -0.15) is 5.10 Å². The van der Waals surface area contributed by atoms with Crippen molar-refractivity contribution in [1.29, 1.82) is 0 Å². The number of rotatable bonds is 4. The normalized spacial score (nSPS) is 27.1. The van der Waals surface area contributed by atoms with E-state index in [1.165, 1.54) is 19.3 Å². The Morgan fingerprint density at radius 1 is 1.21 bits per heavy atom. The van der Waals surface area contributed by atoms with Crippen molar-refractivity contribution in [2.24, 2.45) is 5.92 Å². The lowest BCUT2D eigenvalue weighted by atomic mass is 9.85. The molecule has 5 heteroatoms. The summed E-state index contributed by atoms with van der Waals surface area (Å²) < 4.78 is 1.86. The molecule has 5 nitrogen and oxygen atoms in total. The maximum Gasteiger partial charge on any atom is 0.320 e. The zero-order chi connectivity index (χ0) is 16.5. The van der Waals surface area contributed by atoms with Gasteiger partial charge in [-0.25, -0.2) is 4.68 Å². The predicted octanol–water partition coefficient (Wildman–Crippen LogP) is 3.09. The number of hydrogen-bond donors (Lipinski definition) is 1. The molecule has 0 spiro atoms. The molecule has 0 unspecified atom stereocenters. The van der Waals surface area contributed by atoms with Gasteiger partial charge in [0.2, 0.25) is 0 Å². The average Bonchev–Trinajstić information content (AvgIpc) is 3.21. The van der Waals surface area contributed by atoms with Crippen molar-refractivity contribution in [3.8, 4) is 5.69 Å². The van der Waals surface area contributed by atoms with Crippen molar-refractivity contribution in [3.63, 3.8) is 0 Å². The molecule has 1 aliphatic carbocycles. The Kier molecular flexibility index (Phi) is 4.10. The fraction of sp³-hybridized carbons (Fsp3) is 0.474. The molecule has 2 aromatic rings. The second kappa shape index (κ2) is 6.40. The maximum absolute atomic E-state index is 11.7. The lowest BCUT2D eigenvalue weighted by molar-refractivity contribution is -0.142. The molecule has 3 atom stereocenters. The Morgan fingerprint density at radius 2 is 2.00 bits per heavy atom. The highest BCUT2D eigenvalue weighted by molar-refractivity contribution is 5.74. The molecule has 2 aliphatic rings. The first kappa shape index (κ1) is 15.4. The fourth-order valence-electron chi connectivity index (χ4n) is 4.40. The Labute approximate surface area is 141 Å². The Hall–Kier alpha value is -2.14. The number of carboxylic acid groups (broad SMARTS) is 1. The van der Waals surface area contributed by atoms with Crippen LogP contribution in [0.2, 0.25) is 0 Å². The molecule has 1 N–H and O–H groups in total. The highest BCUT2D eigenvalue weighted by Gasteiger charge is 2.45. The summed E-state index contributed by atoms with van der Waals surface area (Å²) in [5, 5.41) is 14.1. The van der Waals surface area contributed by atoms with Crippen LogP contribution in [0, 0.1) is 5.92 Å². The smallest absolute Gasteiger partial charge is 0.320 e. The number of nitrogens with zero attached hydrogens (tertiary/aromatic N) is 3. The van der Waals surface area contributed by atoms with Gasteiger partial charge in [-0.15, -0.1) is 0 Å². The third-order valence-corrected chi connectivity index (χ3v) is 5.53. The van der Waals surface area contributed by atoms with Crippen molar-refractivity contribution in [3.05, 3.63) is 48.3 Å². The number of aliphatic carboxylic acids is 1. The van der Waals surface area contributed by atoms with Gasteiger partial charge in [-0.05, 0) is 37.3 Å². The van der Waals surface area contributed by atoms with Crippen LogP contribution in [0.3, 0.4) is 0 Å². The van der Waals surface area contributed by atoms with Crippen molar-refractivity contribution in [2.45, 2.75) is 50.7 Å². The van der Waals surface area contributed by atoms with Crippen molar-refractivity contribution >= 4 is 5.97 Å². The molecular formula is C19H23N3O2. The molecule has 0 amide bonds. The summed E-state index contributed by atoms with van der Waals surface area (Å²) in [4.78, 5) is 13.9. The van der Waals surface area contributed by atoms with E-state index in [2.05, 4.69) is 10.00 Å². The third kappa shape index (κ3) is 2.84. The van der Waals surface area contributed by atoms with Crippen molar-refractivity contribution in [2.75, 3.05) is 0 Å². The first-order valence-electron chi connectivity index (χ1n) is 8.80. The monoisotopic (exact) mass is 325 g/mol. The molecule has 1 saturated carbocycles. The Bertz CT molecular complexity index is 712. The molecule has 4 rings (SSSR count). The zero-order valence-electron chi connectivity index (χ0n) is 13.7. The van der Waals surface area contributed by atoms with Crippen LogP contribution in [0.5, 0.6) is 0 Å². The average molecular weight is 325 g/mol. The van der Waals surface area contributed by atoms with E-state index >= 15 is 0 Å². The van der Waals surface area contributed by atoms with Gasteiger partial charge in [0, 0.05) is 24.3 Å². The van der Waals surface area contributed by atoms with Crippen molar-refractivity contribution in [1.82, 2.24) is 14.7 Å². The Morgan fingerprint density at radius 3 is 2.79 bits per heavy atom. The largest absolute Gasteiger partial charge is 0.480 e. The van der Waals surface area contributed by atoms with Gasteiger partial charge in [0.1, 0.15) is 6.04 Å². The van der Waals surface area contributed by atoms with Crippen LogP contribution in [0.25, 0.3) is 5.69 Å². The van der Waals surface area contributed by atoms with Crippen LogP contribution in [0.15, 0.2) is 42.7 Å². The van der Waals surface area contributed by atoms with Gasteiger partial charge < -0.3 is 5.11 Å². The van der Waals surface area contributed by atoms with E-state index in [4.69, 9.17) is 0 Å². The van der Waals surface area contributed by atoms with Gasteiger partial charge in [0.25, 0.3) is 0 Å². The van der Waals surface area contributed by atoms with Crippen LogP contribution in [-0.2, 0) is 11.3 Å². The number of likely N-dealkylation sites (tertiary alicyclic amines) is 1. The molecule has 1 aromatic heterocycles. The number of carboxylic acids is 1. The van der Waals surface area contributed by atoms with Gasteiger partial charge >= 0.3 is 5.97 Å². The van der Waals surface area contributed by atoms with E-state index in [1.54, 1.807) is 0 Å². The van der Waals surface area contributed by atoms with E-state index < -0.39 is 5.97 Å². The first-order valence-corrected chi connectivity index (χ1v) is 8.80. The number of fused-ring (bicyclic) bond motifs is 1. The van der Waals surface area contributed by atoms with E-state index in [1.807, 2.05) is 47.4 Å². The molecule has 1 saturated heterocycles. The fourth-order valence-corrected chi connectivity index (χ4v) is 4.40. The van der Waals surface area contributed by atoms with Crippen LogP contribution in [-0.4, -0.2) is 37.8 Å². The quantitative estimate of drug-likeness (QED) is 0.938. The molecule has 24 heavy (non-hydrogen) atoms. The van der Waals surface area contributed by atoms with Crippen LogP contribution < -0.4 is 0 Å². The SMILES string of the molecule is O=C(O)[C@@H]1C[C@@H]2CCCC[C@H]2N1Cc1cnn(-c2ccccc2)c1. The summed E-state index contributed by atoms with van der Waals surface area (Å²) in [6, 6.07) is 10.1. The zero-order valence-corrected chi connectivity index (χ0v) is 13.7. The van der Waals surface area contributed by atoms with Crippen molar-refractivity contribution < 1.29 is 9.90 Å². The third-order valence-electron chi connectivity index (χ3n) is 5.53. The van der Waals surface area contributed by atoms with Gasteiger partial charge in [0.15, 0.2) is 0 Å². The summed E-state index contributed by atoms with van der Waals surface area (Å²) >= 11 is 0. The number of para-hydroxylation sites is 1. The van der Waals surface area contributed by atoms with Gasteiger partial charge in [-0.3, -0.25) is 9.69 Å². The molecule has 0 radical (unpaired) electrons. The highest BCUT2D eigenvalue weighted by atomic mass is 16.4. The summed E-state index contributed by atoms with van der Waals surface area (Å²) in [5.41, 5.74) is 2.10. The van der Waals surface area contributed by atoms with Gasteiger partial charge in [-0.1, -0.05) is 31.0 Å².